The average Bonchev–Trinajstić information content (AvgIpc) is 3.35. The van der Waals surface area contributed by atoms with E-state index in [1.54, 1.807) is 6.07 Å². The molecule has 1 N–H and O–H groups in total. The molecule has 1 heterocycles. The molecule has 5 nitrogen and oxygen atoms in total. The van der Waals surface area contributed by atoms with Crippen molar-refractivity contribution in [2.75, 3.05) is 20.3 Å². The lowest BCUT2D eigenvalue weighted by Crippen LogP contribution is -2.25. The number of hydrogen-bond acceptors (Lipinski definition) is 5. The van der Waals surface area contributed by atoms with Crippen molar-refractivity contribution in [1.29, 1.82) is 0 Å². The summed E-state index contributed by atoms with van der Waals surface area (Å²) in [5.74, 6) is 0.128. The summed E-state index contributed by atoms with van der Waals surface area (Å²) in [5.41, 5.74) is 1.69. The van der Waals surface area contributed by atoms with E-state index in [-0.39, 0.29) is 30.3 Å². The third-order valence-corrected chi connectivity index (χ3v) is 7.27. The number of thiophene rings is 1. The molecule has 1 amide bonds. The Labute approximate surface area is 225 Å². The molecule has 0 aliphatic heterocycles. The summed E-state index contributed by atoms with van der Waals surface area (Å²) < 4.78 is 49.2. The smallest absolute Gasteiger partial charge is 0.416 e. The van der Waals surface area contributed by atoms with Crippen LogP contribution in [-0.4, -0.2) is 32.1 Å². The van der Waals surface area contributed by atoms with Crippen LogP contribution >= 0.6 is 11.3 Å². The van der Waals surface area contributed by atoms with Crippen molar-refractivity contribution in [3.8, 4) is 16.9 Å². The first kappa shape index (κ1) is 29.2. The van der Waals surface area contributed by atoms with Crippen LogP contribution in [0.1, 0.15) is 52.4 Å². The molecule has 204 valence electrons. The Balaban J connectivity index is 1.51. The molecule has 0 saturated heterocycles. The van der Waals surface area contributed by atoms with Gasteiger partial charge in [0.15, 0.2) is 0 Å². The van der Waals surface area contributed by atoms with E-state index in [1.165, 1.54) is 30.6 Å². The van der Waals surface area contributed by atoms with Crippen LogP contribution in [-0.2, 0) is 22.1 Å². The van der Waals surface area contributed by atoms with Gasteiger partial charge < -0.3 is 14.8 Å². The lowest BCUT2D eigenvalue weighted by atomic mass is 9.88. The van der Waals surface area contributed by atoms with Crippen LogP contribution in [0.25, 0.3) is 11.1 Å². The van der Waals surface area contributed by atoms with Crippen molar-refractivity contribution < 1.29 is 32.2 Å². The monoisotopic (exact) mass is 547 g/mol. The van der Waals surface area contributed by atoms with Crippen LogP contribution in [0.3, 0.4) is 0 Å². The first-order valence-corrected chi connectivity index (χ1v) is 13.0. The predicted octanol–water partition coefficient (Wildman–Crippen LogP) is 7.07. The lowest BCUT2D eigenvalue weighted by Gasteiger charge is -2.25. The third kappa shape index (κ3) is 8.34. The van der Waals surface area contributed by atoms with Gasteiger partial charge in [0.2, 0.25) is 0 Å². The Morgan fingerprint density at radius 1 is 1.00 bits per heavy atom. The number of hydrogen-bond donors (Lipinski definition) is 1. The first-order chi connectivity index (χ1) is 17.9. The Hall–Kier alpha value is -3.33. The third-order valence-electron chi connectivity index (χ3n) is 6.13. The fourth-order valence-electron chi connectivity index (χ4n) is 3.80. The van der Waals surface area contributed by atoms with Crippen LogP contribution in [0.2, 0.25) is 0 Å². The summed E-state index contributed by atoms with van der Waals surface area (Å²) in [7, 11) is 1.31. The van der Waals surface area contributed by atoms with Crippen molar-refractivity contribution in [1.82, 2.24) is 5.32 Å². The largest absolute Gasteiger partial charge is 0.493 e. The number of alkyl halides is 3. The second-order valence-corrected chi connectivity index (χ2v) is 11.0. The summed E-state index contributed by atoms with van der Waals surface area (Å²) in [5, 5.41) is 2.72. The van der Waals surface area contributed by atoms with Crippen LogP contribution in [0.5, 0.6) is 5.75 Å². The predicted molar refractivity (Wildman–Crippen MR) is 142 cm³/mol. The van der Waals surface area contributed by atoms with Gasteiger partial charge in [-0.15, -0.1) is 11.3 Å². The lowest BCUT2D eigenvalue weighted by molar-refractivity contribution is -0.140. The van der Waals surface area contributed by atoms with Crippen LogP contribution in [0.4, 0.5) is 13.2 Å². The van der Waals surface area contributed by atoms with E-state index in [0.29, 0.717) is 17.2 Å². The maximum Gasteiger partial charge on any atom is 0.416 e. The summed E-state index contributed by atoms with van der Waals surface area (Å²) >= 11 is 1.43. The second kappa shape index (κ2) is 12.5. The normalized spacial score (nSPS) is 11.8. The summed E-state index contributed by atoms with van der Waals surface area (Å²) in [4.78, 5) is 25.1. The maximum atomic E-state index is 12.8. The van der Waals surface area contributed by atoms with Gasteiger partial charge in [0.1, 0.15) is 5.75 Å². The van der Waals surface area contributed by atoms with Crippen molar-refractivity contribution in [3.63, 3.8) is 0 Å². The number of benzene rings is 2. The van der Waals surface area contributed by atoms with E-state index in [0.717, 1.165) is 46.5 Å². The van der Waals surface area contributed by atoms with E-state index >= 15 is 0 Å². The zero-order valence-electron chi connectivity index (χ0n) is 21.9. The number of ether oxygens (including phenoxy) is 2. The molecule has 2 aromatic carbocycles. The minimum Gasteiger partial charge on any atom is -0.493 e. The molecule has 1 aromatic heterocycles. The first-order valence-electron chi connectivity index (χ1n) is 12.2. The van der Waals surface area contributed by atoms with Crippen molar-refractivity contribution in [2.24, 2.45) is 5.41 Å². The Bertz CT molecular complexity index is 1250. The molecule has 9 heteroatoms. The minimum absolute atomic E-state index is 0.131. The SMILES string of the molecule is COC(=O)CCNC(=O)c1ccc(CCC(C)(C)COc2ccc(-c3ccc(C(F)(F)F)cc3)c(C)c2)s1. The fraction of sp³-hybridized carbons (Fsp3) is 0.379. The van der Waals surface area contributed by atoms with Gasteiger partial charge in [-0.1, -0.05) is 32.0 Å². The number of aryl methyl sites for hydroxylation is 2. The highest BCUT2D eigenvalue weighted by atomic mass is 32.1. The topological polar surface area (TPSA) is 64.6 Å². The maximum absolute atomic E-state index is 12.8. The van der Waals surface area contributed by atoms with E-state index in [9.17, 15) is 22.8 Å². The van der Waals surface area contributed by atoms with Crippen molar-refractivity contribution in [2.45, 2.75) is 46.2 Å². The molecule has 0 atom stereocenters. The van der Waals surface area contributed by atoms with Crippen LogP contribution in [0, 0.1) is 12.3 Å². The number of methoxy groups -OCH3 is 1. The Morgan fingerprint density at radius 2 is 1.71 bits per heavy atom. The van der Waals surface area contributed by atoms with Gasteiger partial charge in [0.25, 0.3) is 5.91 Å². The highest BCUT2D eigenvalue weighted by molar-refractivity contribution is 7.14. The zero-order chi connectivity index (χ0) is 27.9. The standard InChI is InChI=1S/C29H32F3NO4S/c1-19-17-22(9-11-24(19)20-5-7-21(8-6-20)29(30,31)32)37-18-28(2,3)15-13-23-10-12-25(38-23)27(35)33-16-14-26(34)36-4/h5-12,17H,13-16,18H2,1-4H3,(H,33,35). The number of amides is 1. The molecule has 3 aromatic rings. The van der Waals surface area contributed by atoms with Gasteiger partial charge in [-0.25, -0.2) is 0 Å². The van der Waals surface area contributed by atoms with E-state index in [2.05, 4.69) is 23.9 Å². The van der Waals surface area contributed by atoms with E-state index < -0.39 is 11.7 Å². The highest BCUT2D eigenvalue weighted by Crippen LogP contribution is 2.33. The van der Waals surface area contributed by atoms with Crippen LogP contribution in [0.15, 0.2) is 54.6 Å². The Morgan fingerprint density at radius 3 is 2.34 bits per heavy atom. The van der Waals surface area contributed by atoms with Gasteiger partial charge in [0, 0.05) is 11.4 Å². The summed E-state index contributed by atoms with van der Waals surface area (Å²) in [6.07, 6.45) is -2.58. The molecule has 3 rings (SSSR count). The molecule has 0 radical (unpaired) electrons. The Kier molecular flexibility index (Phi) is 9.60. The second-order valence-electron chi connectivity index (χ2n) is 9.85. The molecule has 0 bridgehead atoms. The highest BCUT2D eigenvalue weighted by Gasteiger charge is 2.30. The van der Waals surface area contributed by atoms with Gasteiger partial charge in [-0.05, 0) is 78.3 Å². The van der Waals surface area contributed by atoms with Gasteiger partial charge in [0.05, 0.1) is 30.6 Å². The van der Waals surface area contributed by atoms with Gasteiger partial charge in [-0.2, -0.15) is 13.2 Å². The van der Waals surface area contributed by atoms with Crippen molar-refractivity contribution >= 4 is 23.2 Å². The summed E-state index contributed by atoms with van der Waals surface area (Å²) in [6.45, 7) is 6.85. The number of carbonyl (C=O) groups is 2. The molecule has 0 spiro atoms. The number of rotatable bonds is 11. The van der Waals surface area contributed by atoms with Gasteiger partial charge >= 0.3 is 12.1 Å². The molecular weight excluding hydrogens is 515 g/mol. The van der Waals surface area contributed by atoms with E-state index in [1.807, 2.05) is 31.2 Å². The minimum atomic E-state index is -4.36. The molecular formula is C29H32F3NO4S. The summed E-state index contributed by atoms with van der Waals surface area (Å²) in [6, 6.07) is 14.5. The average molecular weight is 548 g/mol. The molecule has 0 saturated carbocycles. The molecule has 38 heavy (non-hydrogen) atoms. The quantitative estimate of drug-likeness (QED) is 0.261. The molecule has 0 unspecified atom stereocenters. The van der Waals surface area contributed by atoms with Crippen molar-refractivity contribution in [3.05, 3.63) is 75.5 Å². The number of esters is 1. The molecule has 0 fully saturated rings. The van der Waals surface area contributed by atoms with E-state index in [4.69, 9.17) is 4.74 Å². The number of carbonyl (C=O) groups excluding carboxylic acids is 2. The number of halogens is 3. The van der Waals surface area contributed by atoms with Gasteiger partial charge in [-0.3, -0.25) is 9.59 Å². The number of nitrogens with one attached hydrogen (secondary N) is 1. The van der Waals surface area contributed by atoms with Crippen LogP contribution < -0.4 is 10.1 Å². The molecule has 0 aliphatic rings. The molecule has 0 aliphatic carbocycles. The fourth-order valence-corrected chi connectivity index (χ4v) is 4.73. The zero-order valence-corrected chi connectivity index (χ0v) is 22.7.